The van der Waals surface area contributed by atoms with Crippen molar-refractivity contribution in [3.8, 4) is 0 Å². The van der Waals surface area contributed by atoms with Gasteiger partial charge in [-0.15, -0.1) is 0 Å². The van der Waals surface area contributed by atoms with Crippen LogP contribution in [0, 0.1) is 5.82 Å². The molecule has 0 bridgehead atoms. The highest BCUT2D eigenvalue weighted by atomic mass is 32.2. The van der Waals surface area contributed by atoms with Crippen LogP contribution >= 0.6 is 0 Å². The standard InChI is InChI=1S/C10H12FNO2S/c11-9-4-3-5-10(8-9)15(13,14)12-6-1-2-7-12/h3-5,8H,1-2,6-7H2. The largest absolute Gasteiger partial charge is 0.243 e. The molecule has 0 N–H and O–H groups in total. The summed E-state index contributed by atoms with van der Waals surface area (Å²) < 4.78 is 38.2. The minimum absolute atomic E-state index is 0.0457. The Morgan fingerprint density at radius 3 is 2.47 bits per heavy atom. The zero-order valence-corrected chi connectivity index (χ0v) is 9.00. The van der Waals surface area contributed by atoms with Gasteiger partial charge in [-0.05, 0) is 31.0 Å². The minimum atomic E-state index is -3.47. The van der Waals surface area contributed by atoms with E-state index in [1.54, 1.807) is 0 Å². The SMILES string of the molecule is O=S(=O)(c1cccc(F)c1)N1CCCC1. The topological polar surface area (TPSA) is 37.4 Å². The van der Waals surface area contributed by atoms with E-state index >= 15 is 0 Å². The molecular formula is C10H12FNO2S. The Labute approximate surface area is 88.6 Å². The molecule has 82 valence electrons. The van der Waals surface area contributed by atoms with Crippen LogP contribution in [0.2, 0.25) is 0 Å². The average molecular weight is 229 g/mol. The van der Waals surface area contributed by atoms with E-state index in [4.69, 9.17) is 0 Å². The summed E-state index contributed by atoms with van der Waals surface area (Å²) in [6, 6.07) is 5.14. The van der Waals surface area contributed by atoms with E-state index in [-0.39, 0.29) is 4.90 Å². The van der Waals surface area contributed by atoms with Crippen molar-refractivity contribution in [3.63, 3.8) is 0 Å². The summed E-state index contributed by atoms with van der Waals surface area (Å²) in [4.78, 5) is 0.0457. The van der Waals surface area contributed by atoms with Gasteiger partial charge in [-0.1, -0.05) is 6.07 Å². The van der Waals surface area contributed by atoms with Gasteiger partial charge in [0.05, 0.1) is 4.90 Å². The molecule has 15 heavy (non-hydrogen) atoms. The summed E-state index contributed by atoms with van der Waals surface area (Å²) in [6.45, 7) is 1.08. The molecule has 1 heterocycles. The fourth-order valence-corrected chi connectivity index (χ4v) is 3.25. The van der Waals surface area contributed by atoms with Gasteiger partial charge < -0.3 is 0 Å². The number of benzene rings is 1. The lowest BCUT2D eigenvalue weighted by Gasteiger charge is -2.15. The highest BCUT2D eigenvalue weighted by Gasteiger charge is 2.27. The molecule has 1 saturated heterocycles. The number of hydrogen-bond donors (Lipinski definition) is 0. The molecule has 0 amide bonds. The van der Waals surface area contributed by atoms with E-state index < -0.39 is 15.8 Å². The van der Waals surface area contributed by atoms with Crippen molar-refractivity contribution in [1.82, 2.24) is 4.31 Å². The zero-order valence-electron chi connectivity index (χ0n) is 8.19. The fourth-order valence-electron chi connectivity index (χ4n) is 1.70. The molecule has 0 radical (unpaired) electrons. The van der Waals surface area contributed by atoms with Crippen LogP contribution in [0.4, 0.5) is 4.39 Å². The lowest BCUT2D eigenvalue weighted by molar-refractivity contribution is 0.476. The quantitative estimate of drug-likeness (QED) is 0.772. The van der Waals surface area contributed by atoms with Crippen LogP contribution < -0.4 is 0 Å². The number of hydrogen-bond acceptors (Lipinski definition) is 2. The molecule has 5 heteroatoms. The van der Waals surface area contributed by atoms with E-state index in [1.807, 2.05) is 0 Å². The van der Waals surface area contributed by atoms with Gasteiger partial charge in [-0.25, -0.2) is 12.8 Å². The molecule has 0 saturated carbocycles. The molecule has 2 rings (SSSR count). The smallest absolute Gasteiger partial charge is 0.207 e. The molecule has 0 unspecified atom stereocenters. The van der Waals surface area contributed by atoms with Crippen LogP contribution in [0.15, 0.2) is 29.2 Å². The summed E-state index contributed by atoms with van der Waals surface area (Å²) in [6.07, 6.45) is 1.77. The van der Waals surface area contributed by atoms with Crippen LogP contribution in [-0.2, 0) is 10.0 Å². The maximum Gasteiger partial charge on any atom is 0.243 e. The molecule has 1 aromatic rings. The molecule has 0 aromatic heterocycles. The van der Waals surface area contributed by atoms with Crippen LogP contribution in [0.1, 0.15) is 12.8 Å². The number of rotatable bonds is 2. The van der Waals surface area contributed by atoms with Crippen LogP contribution in [0.25, 0.3) is 0 Å². The summed E-state index contributed by atoms with van der Waals surface area (Å²) in [5.41, 5.74) is 0. The van der Waals surface area contributed by atoms with Crippen LogP contribution in [-0.4, -0.2) is 25.8 Å². The first-order valence-electron chi connectivity index (χ1n) is 4.86. The summed E-state index contributed by atoms with van der Waals surface area (Å²) in [5, 5.41) is 0. The monoisotopic (exact) mass is 229 g/mol. The van der Waals surface area contributed by atoms with Gasteiger partial charge in [0.2, 0.25) is 10.0 Å². The summed E-state index contributed by atoms with van der Waals surface area (Å²) in [7, 11) is -3.47. The predicted octanol–water partition coefficient (Wildman–Crippen LogP) is 1.61. The Morgan fingerprint density at radius 1 is 1.20 bits per heavy atom. The maximum atomic E-state index is 12.9. The third-order valence-corrected chi connectivity index (χ3v) is 4.39. The van der Waals surface area contributed by atoms with Crippen molar-refractivity contribution in [2.24, 2.45) is 0 Å². The Morgan fingerprint density at radius 2 is 1.87 bits per heavy atom. The summed E-state index contributed by atoms with van der Waals surface area (Å²) in [5.74, 6) is -0.518. The number of halogens is 1. The Hall–Kier alpha value is -0.940. The third-order valence-electron chi connectivity index (χ3n) is 2.50. The van der Waals surface area contributed by atoms with Gasteiger partial charge >= 0.3 is 0 Å². The molecule has 1 fully saturated rings. The van der Waals surface area contributed by atoms with Crippen molar-refractivity contribution in [3.05, 3.63) is 30.1 Å². The van der Waals surface area contributed by atoms with Crippen molar-refractivity contribution in [2.45, 2.75) is 17.7 Å². The van der Waals surface area contributed by atoms with Crippen molar-refractivity contribution >= 4 is 10.0 Å². The maximum absolute atomic E-state index is 12.9. The van der Waals surface area contributed by atoms with E-state index in [2.05, 4.69) is 0 Å². The van der Waals surface area contributed by atoms with Crippen LogP contribution in [0.5, 0.6) is 0 Å². The predicted molar refractivity (Wildman–Crippen MR) is 54.4 cm³/mol. The minimum Gasteiger partial charge on any atom is -0.207 e. The Bertz CT molecular complexity index is 452. The zero-order chi connectivity index (χ0) is 10.9. The third kappa shape index (κ3) is 2.03. The first-order valence-corrected chi connectivity index (χ1v) is 6.30. The van der Waals surface area contributed by atoms with E-state index in [9.17, 15) is 12.8 Å². The lowest BCUT2D eigenvalue weighted by atomic mass is 10.4. The van der Waals surface area contributed by atoms with Gasteiger partial charge in [0.1, 0.15) is 5.82 Å². The van der Waals surface area contributed by atoms with E-state index in [0.717, 1.165) is 18.9 Å². The first-order chi connectivity index (χ1) is 7.10. The Balaban J connectivity index is 2.36. The van der Waals surface area contributed by atoms with Gasteiger partial charge in [-0.2, -0.15) is 4.31 Å². The van der Waals surface area contributed by atoms with Gasteiger partial charge in [-0.3, -0.25) is 0 Å². The molecule has 0 spiro atoms. The van der Waals surface area contributed by atoms with Gasteiger partial charge in [0.15, 0.2) is 0 Å². The lowest BCUT2D eigenvalue weighted by Crippen LogP contribution is -2.27. The first kappa shape index (κ1) is 10.6. The molecule has 1 aliphatic heterocycles. The van der Waals surface area contributed by atoms with Crippen molar-refractivity contribution < 1.29 is 12.8 Å². The summed E-state index contributed by atoms with van der Waals surface area (Å²) >= 11 is 0. The molecular weight excluding hydrogens is 217 g/mol. The van der Waals surface area contributed by atoms with E-state index in [0.29, 0.717) is 13.1 Å². The van der Waals surface area contributed by atoms with Crippen molar-refractivity contribution in [2.75, 3.05) is 13.1 Å². The second-order valence-corrected chi connectivity index (χ2v) is 5.51. The van der Waals surface area contributed by atoms with E-state index in [1.165, 1.54) is 22.5 Å². The Kier molecular flexibility index (Phi) is 2.75. The highest BCUT2D eigenvalue weighted by molar-refractivity contribution is 7.89. The second kappa shape index (κ2) is 3.90. The van der Waals surface area contributed by atoms with Gasteiger partial charge in [0, 0.05) is 13.1 Å². The number of sulfonamides is 1. The van der Waals surface area contributed by atoms with Crippen LogP contribution in [0.3, 0.4) is 0 Å². The average Bonchev–Trinajstić information content (AvgIpc) is 2.71. The molecule has 3 nitrogen and oxygen atoms in total. The number of nitrogens with zero attached hydrogens (tertiary/aromatic N) is 1. The highest BCUT2D eigenvalue weighted by Crippen LogP contribution is 2.20. The molecule has 1 aromatic carbocycles. The molecule has 1 aliphatic rings. The van der Waals surface area contributed by atoms with Crippen molar-refractivity contribution in [1.29, 1.82) is 0 Å². The fraction of sp³-hybridized carbons (Fsp3) is 0.400. The molecule has 0 aliphatic carbocycles. The second-order valence-electron chi connectivity index (χ2n) is 3.57. The molecule has 0 atom stereocenters. The van der Waals surface area contributed by atoms with Gasteiger partial charge in [0.25, 0.3) is 0 Å². The normalized spacial score (nSPS) is 18.2.